The Kier molecular flexibility index (Phi) is 7.06. The van der Waals surface area contributed by atoms with Crippen molar-refractivity contribution in [1.82, 2.24) is 0 Å². The number of halogens is 1. The summed E-state index contributed by atoms with van der Waals surface area (Å²) in [5.74, 6) is 0.313. The summed E-state index contributed by atoms with van der Waals surface area (Å²) in [6.45, 7) is 0.863. The molecular formula is C18H22ClN3O2. The summed E-state index contributed by atoms with van der Waals surface area (Å²) in [6.07, 6.45) is -0.256. The molecule has 2 aromatic carbocycles. The lowest BCUT2D eigenvalue weighted by Crippen LogP contribution is -2.24. The van der Waals surface area contributed by atoms with Crippen LogP contribution in [0.1, 0.15) is 17.2 Å². The van der Waals surface area contributed by atoms with Crippen molar-refractivity contribution < 1.29 is 9.47 Å². The molecule has 3 N–H and O–H groups in total. The third-order valence-corrected chi connectivity index (χ3v) is 3.89. The summed E-state index contributed by atoms with van der Waals surface area (Å²) >= 11 is 6.21. The molecule has 0 saturated carbocycles. The van der Waals surface area contributed by atoms with E-state index in [0.717, 1.165) is 16.8 Å². The van der Waals surface area contributed by atoms with E-state index in [1.807, 2.05) is 48.5 Å². The van der Waals surface area contributed by atoms with Crippen LogP contribution in [0.25, 0.3) is 0 Å². The van der Waals surface area contributed by atoms with Crippen LogP contribution in [-0.4, -0.2) is 26.7 Å². The van der Waals surface area contributed by atoms with Gasteiger partial charge in [0.1, 0.15) is 6.10 Å². The molecule has 6 heteroatoms. The number of hydrogen-bond acceptors (Lipinski definition) is 3. The lowest BCUT2D eigenvalue weighted by molar-refractivity contribution is 0.111. The second-order valence-corrected chi connectivity index (χ2v) is 5.59. The molecule has 0 saturated heterocycles. The van der Waals surface area contributed by atoms with E-state index in [1.54, 1.807) is 14.2 Å². The topological polar surface area (TPSA) is 68.9 Å². The van der Waals surface area contributed by atoms with Gasteiger partial charge in [-0.05, 0) is 12.1 Å². The van der Waals surface area contributed by atoms with Crippen molar-refractivity contribution in [3.63, 3.8) is 0 Å². The number of ether oxygens (including phenoxy) is 2. The molecule has 2 aromatic rings. The fourth-order valence-electron chi connectivity index (χ4n) is 2.32. The Morgan fingerprint density at radius 3 is 2.58 bits per heavy atom. The van der Waals surface area contributed by atoms with Gasteiger partial charge in [-0.1, -0.05) is 48.0 Å². The van der Waals surface area contributed by atoms with Crippen molar-refractivity contribution in [2.24, 2.45) is 10.7 Å². The summed E-state index contributed by atoms with van der Waals surface area (Å²) in [7, 11) is 3.28. The van der Waals surface area contributed by atoms with Gasteiger partial charge in [0.25, 0.3) is 0 Å². The molecule has 0 spiro atoms. The predicted molar refractivity (Wildman–Crippen MR) is 98.5 cm³/mol. The van der Waals surface area contributed by atoms with Crippen molar-refractivity contribution in [1.29, 1.82) is 0 Å². The molecule has 0 bridgehead atoms. The summed E-state index contributed by atoms with van der Waals surface area (Å²) in [6, 6.07) is 15.3. The van der Waals surface area contributed by atoms with Crippen molar-refractivity contribution in [3.05, 3.63) is 64.7 Å². The summed E-state index contributed by atoms with van der Waals surface area (Å²) in [4.78, 5) is 4.37. The predicted octanol–water partition coefficient (Wildman–Crippen LogP) is 3.60. The number of benzene rings is 2. The second kappa shape index (κ2) is 9.27. The van der Waals surface area contributed by atoms with Crippen LogP contribution in [0.5, 0.6) is 0 Å². The first-order valence-electron chi connectivity index (χ1n) is 7.56. The minimum Gasteiger partial charge on any atom is -0.380 e. The standard InChI is InChI=1S/C18H22ClN3O2/c1-23-12-13-7-3-6-10-16(13)22-18(20)21-11-17(24-2)14-8-4-5-9-15(14)19/h3-10,17H,11-12H2,1-2H3,(H3,20,21,22). The van der Waals surface area contributed by atoms with E-state index in [2.05, 4.69) is 10.3 Å². The molecule has 0 heterocycles. The number of nitrogens with two attached hydrogens (primary N) is 1. The van der Waals surface area contributed by atoms with Crippen molar-refractivity contribution in [2.75, 3.05) is 26.1 Å². The highest BCUT2D eigenvalue weighted by molar-refractivity contribution is 6.31. The molecular weight excluding hydrogens is 326 g/mol. The Bertz CT molecular complexity index is 691. The quantitative estimate of drug-likeness (QED) is 0.593. The van der Waals surface area contributed by atoms with Crippen LogP contribution in [0.15, 0.2) is 53.5 Å². The highest BCUT2D eigenvalue weighted by Gasteiger charge is 2.13. The van der Waals surface area contributed by atoms with Crippen LogP contribution in [0, 0.1) is 0 Å². The van der Waals surface area contributed by atoms with E-state index in [1.165, 1.54) is 0 Å². The summed E-state index contributed by atoms with van der Waals surface area (Å²) in [5.41, 5.74) is 8.76. The van der Waals surface area contributed by atoms with E-state index in [0.29, 0.717) is 24.1 Å². The number of methoxy groups -OCH3 is 2. The molecule has 0 aliphatic heterocycles. The van der Waals surface area contributed by atoms with E-state index < -0.39 is 0 Å². The van der Waals surface area contributed by atoms with Gasteiger partial charge in [-0.15, -0.1) is 0 Å². The van der Waals surface area contributed by atoms with Gasteiger partial charge in [0.2, 0.25) is 0 Å². The van der Waals surface area contributed by atoms with Crippen LogP contribution in [-0.2, 0) is 16.1 Å². The van der Waals surface area contributed by atoms with Gasteiger partial charge < -0.3 is 20.5 Å². The van der Waals surface area contributed by atoms with Gasteiger partial charge in [0.15, 0.2) is 5.96 Å². The summed E-state index contributed by atoms with van der Waals surface area (Å²) in [5, 5.41) is 3.75. The highest BCUT2D eigenvalue weighted by atomic mass is 35.5. The largest absolute Gasteiger partial charge is 0.380 e. The fraction of sp³-hybridized carbons (Fsp3) is 0.278. The number of nitrogens with one attached hydrogen (secondary N) is 1. The first-order chi connectivity index (χ1) is 11.7. The molecule has 1 unspecified atom stereocenters. The molecule has 0 radical (unpaired) electrons. The van der Waals surface area contributed by atoms with Crippen molar-refractivity contribution in [3.8, 4) is 0 Å². The van der Waals surface area contributed by atoms with Gasteiger partial charge in [-0.2, -0.15) is 0 Å². The third kappa shape index (κ3) is 4.96. The minimum atomic E-state index is -0.256. The molecule has 2 rings (SSSR count). The van der Waals surface area contributed by atoms with Crippen LogP contribution in [0.2, 0.25) is 5.02 Å². The molecule has 0 fully saturated rings. The number of anilines is 1. The van der Waals surface area contributed by atoms with Crippen molar-refractivity contribution in [2.45, 2.75) is 12.7 Å². The second-order valence-electron chi connectivity index (χ2n) is 5.19. The molecule has 24 heavy (non-hydrogen) atoms. The van der Waals surface area contributed by atoms with Gasteiger partial charge in [-0.3, -0.25) is 4.99 Å². The lowest BCUT2D eigenvalue weighted by Gasteiger charge is -2.16. The number of guanidine groups is 1. The molecule has 0 aliphatic rings. The van der Waals surface area contributed by atoms with Crippen LogP contribution in [0.3, 0.4) is 0 Å². The molecule has 0 amide bonds. The van der Waals surface area contributed by atoms with E-state index in [9.17, 15) is 0 Å². The average Bonchev–Trinajstić information content (AvgIpc) is 2.59. The normalized spacial score (nSPS) is 12.9. The zero-order chi connectivity index (χ0) is 17.4. The Hall–Kier alpha value is -2.08. The Morgan fingerprint density at radius 1 is 1.17 bits per heavy atom. The first-order valence-corrected chi connectivity index (χ1v) is 7.94. The van der Waals surface area contributed by atoms with Gasteiger partial charge in [0.05, 0.1) is 13.2 Å². The molecule has 0 aliphatic carbocycles. The summed E-state index contributed by atoms with van der Waals surface area (Å²) < 4.78 is 10.7. The molecule has 0 aromatic heterocycles. The number of hydrogen-bond donors (Lipinski definition) is 2. The monoisotopic (exact) mass is 347 g/mol. The lowest BCUT2D eigenvalue weighted by atomic mass is 10.1. The SMILES string of the molecule is COCc1ccccc1NC(N)=NCC(OC)c1ccccc1Cl. The zero-order valence-electron chi connectivity index (χ0n) is 13.8. The maximum atomic E-state index is 6.21. The number of rotatable bonds is 7. The molecule has 5 nitrogen and oxygen atoms in total. The Morgan fingerprint density at radius 2 is 1.88 bits per heavy atom. The maximum Gasteiger partial charge on any atom is 0.193 e. The average molecular weight is 348 g/mol. The Labute approximate surface area is 147 Å². The Balaban J connectivity index is 2.07. The molecule has 128 valence electrons. The van der Waals surface area contributed by atoms with Crippen LogP contribution < -0.4 is 11.1 Å². The number of para-hydroxylation sites is 1. The first kappa shape index (κ1) is 18.3. The van der Waals surface area contributed by atoms with Crippen LogP contribution in [0.4, 0.5) is 5.69 Å². The van der Waals surface area contributed by atoms with E-state index >= 15 is 0 Å². The van der Waals surface area contributed by atoms with Gasteiger partial charge in [-0.25, -0.2) is 0 Å². The smallest absolute Gasteiger partial charge is 0.193 e. The van der Waals surface area contributed by atoms with Gasteiger partial charge in [0, 0.05) is 36.1 Å². The van der Waals surface area contributed by atoms with Gasteiger partial charge >= 0.3 is 0 Å². The van der Waals surface area contributed by atoms with E-state index in [-0.39, 0.29) is 6.10 Å². The minimum absolute atomic E-state index is 0.256. The maximum absolute atomic E-state index is 6.21. The van der Waals surface area contributed by atoms with Crippen molar-refractivity contribution >= 4 is 23.2 Å². The highest BCUT2D eigenvalue weighted by Crippen LogP contribution is 2.25. The van der Waals surface area contributed by atoms with E-state index in [4.69, 9.17) is 26.8 Å². The third-order valence-electron chi connectivity index (χ3n) is 3.54. The number of nitrogens with zero attached hydrogens (tertiary/aromatic N) is 1. The van der Waals surface area contributed by atoms with Crippen LogP contribution >= 0.6 is 11.6 Å². The fourth-order valence-corrected chi connectivity index (χ4v) is 2.58. The zero-order valence-corrected chi connectivity index (χ0v) is 14.6. The molecule has 1 atom stereocenters. The number of aliphatic imine (C=N–C) groups is 1.